The molecular formula is C35H46N6O7S2. The molecule has 0 saturated carbocycles. The van der Waals surface area contributed by atoms with Gasteiger partial charge in [0.15, 0.2) is 6.29 Å². The fraction of sp³-hybridized carbons (Fsp3) is 0.371. The van der Waals surface area contributed by atoms with E-state index in [9.17, 15) is 22.8 Å². The summed E-state index contributed by atoms with van der Waals surface area (Å²) in [6, 6.07) is 17.4. The number of carboxylic acids is 1. The van der Waals surface area contributed by atoms with E-state index in [1.54, 1.807) is 11.5 Å². The van der Waals surface area contributed by atoms with E-state index in [-0.39, 0.29) is 10.1 Å². The number of ether oxygens (including phenoxy) is 1. The first-order valence-corrected chi connectivity index (χ1v) is 18.5. The second-order valence-corrected chi connectivity index (χ2v) is 14.8. The SMILES string of the molecule is CCNC(=O)NS(=O)(=O)c1sc(CC(C)C)cc1-c1ccc(Cn2c(-c3ccccc3)nc(OC)c2C=O)cc1.NCCCC[C@H](N)C(=O)O. The van der Waals surface area contributed by atoms with Crippen LogP contribution in [0.2, 0.25) is 0 Å². The molecular weight excluding hydrogens is 681 g/mol. The molecule has 0 unspecified atom stereocenters. The van der Waals surface area contributed by atoms with E-state index >= 15 is 0 Å². The highest BCUT2D eigenvalue weighted by atomic mass is 32.2. The molecule has 1 atom stereocenters. The first-order valence-electron chi connectivity index (χ1n) is 16.2. The largest absolute Gasteiger partial charge is 0.480 e. The van der Waals surface area contributed by atoms with Gasteiger partial charge in [-0.2, -0.15) is 4.98 Å². The van der Waals surface area contributed by atoms with Crippen LogP contribution in [0.1, 0.15) is 61.0 Å². The van der Waals surface area contributed by atoms with E-state index < -0.39 is 28.1 Å². The van der Waals surface area contributed by atoms with Gasteiger partial charge in [0.05, 0.1) is 7.11 Å². The Morgan fingerprint density at radius 2 is 1.76 bits per heavy atom. The molecule has 0 aliphatic carbocycles. The molecule has 4 aromatic rings. The molecule has 13 nitrogen and oxygen atoms in total. The lowest BCUT2D eigenvalue weighted by molar-refractivity contribution is -0.138. The zero-order valence-electron chi connectivity index (χ0n) is 28.7. The van der Waals surface area contributed by atoms with Crippen LogP contribution in [0.5, 0.6) is 5.88 Å². The zero-order valence-corrected chi connectivity index (χ0v) is 30.4. The smallest absolute Gasteiger partial charge is 0.328 e. The van der Waals surface area contributed by atoms with Gasteiger partial charge in [0.25, 0.3) is 10.0 Å². The molecule has 15 heteroatoms. The van der Waals surface area contributed by atoms with Crippen molar-refractivity contribution in [3.8, 4) is 28.4 Å². The number of aromatic nitrogens is 2. The molecule has 0 fully saturated rings. The number of imidazole rings is 1. The van der Waals surface area contributed by atoms with Crippen molar-refractivity contribution in [1.29, 1.82) is 0 Å². The van der Waals surface area contributed by atoms with Crippen molar-refractivity contribution < 1.29 is 32.6 Å². The maximum atomic E-state index is 13.2. The molecule has 0 radical (unpaired) electrons. The Morgan fingerprint density at radius 1 is 1.08 bits per heavy atom. The third-order valence-corrected chi connectivity index (χ3v) is 10.4. The number of sulfonamides is 1. The third kappa shape index (κ3) is 11.0. The van der Waals surface area contributed by atoms with Gasteiger partial charge in [0.1, 0.15) is 21.8 Å². The minimum absolute atomic E-state index is 0.0936. The van der Waals surface area contributed by atoms with Crippen LogP contribution in [0, 0.1) is 5.92 Å². The Hall–Kier alpha value is -4.57. The molecule has 0 spiro atoms. The first kappa shape index (κ1) is 39.9. The number of amides is 2. The minimum atomic E-state index is -4.09. The molecule has 2 amide bonds. The number of urea groups is 1. The molecule has 270 valence electrons. The van der Waals surface area contributed by atoms with E-state index in [4.69, 9.17) is 21.3 Å². The fourth-order valence-electron chi connectivity index (χ4n) is 4.97. The molecule has 0 saturated heterocycles. The molecule has 0 aliphatic rings. The number of aliphatic carboxylic acids is 1. The van der Waals surface area contributed by atoms with Crippen LogP contribution < -0.4 is 26.2 Å². The number of nitrogens with one attached hydrogen (secondary N) is 2. The number of benzene rings is 2. The number of hydrogen-bond acceptors (Lipinski definition) is 10. The highest BCUT2D eigenvalue weighted by Crippen LogP contribution is 2.37. The number of carbonyl (C=O) groups excluding carboxylic acids is 2. The number of carbonyl (C=O) groups is 3. The molecule has 2 aromatic heterocycles. The first-order chi connectivity index (χ1) is 23.8. The molecule has 2 heterocycles. The minimum Gasteiger partial charge on any atom is -0.480 e. The third-order valence-electron chi connectivity index (χ3n) is 7.37. The van der Waals surface area contributed by atoms with Crippen molar-refractivity contribution in [3.05, 3.63) is 76.8 Å². The van der Waals surface area contributed by atoms with E-state index in [1.807, 2.05) is 60.7 Å². The van der Waals surface area contributed by atoms with E-state index in [0.717, 1.165) is 35.1 Å². The predicted octanol–water partition coefficient (Wildman–Crippen LogP) is 4.88. The van der Waals surface area contributed by atoms with Crippen molar-refractivity contribution >= 4 is 39.6 Å². The van der Waals surface area contributed by atoms with Gasteiger partial charge in [0, 0.05) is 29.1 Å². The van der Waals surface area contributed by atoms with Crippen LogP contribution in [0.4, 0.5) is 4.79 Å². The van der Waals surface area contributed by atoms with Crippen molar-refractivity contribution in [2.45, 2.75) is 63.3 Å². The summed E-state index contributed by atoms with van der Waals surface area (Å²) in [6.07, 6.45) is 3.61. The molecule has 0 bridgehead atoms. The van der Waals surface area contributed by atoms with Crippen LogP contribution in [-0.4, -0.2) is 67.6 Å². The number of methoxy groups -OCH3 is 1. The maximum Gasteiger partial charge on any atom is 0.328 e. The quantitative estimate of drug-likeness (QED) is 0.0781. The summed E-state index contributed by atoms with van der Waals surface area (Å²) in [5.41, 5.74) is 13.7. The summed E-state index contributed by atoms with van der Waals surface area (Å²) < 4.78 is 35.7. The van der Waals surface area contributed by atoms with E-state index in [0.29, 0.717) is 61.0 Å². The van der Waals surface area contributed by atoms with Gasteiger partial charge in [-0.05, 0) is 55.8 Å². The molecule has 50 heavy (non-hydrogen) atoms. The second kappa shape index (κ2) is 19.0. The maximum absolute atomic E-state index is 13.2. The van der Waals surface area contributed by atoms with Gasteiger partial charge in [-0.3, -0.25) is 9.59 Å². The standard InChI is InChI=1S/C29H32N4O5S2.C6H14N2O2/c1-5-30-29(35)32-40(36,37)28-24(16-23(39-28)15-19(2)3)21-13-11-20(12-14-21)17-33-25(18-34)27(38-4)31-26(33)22-9-7-6-8-10-22;7-4-2-1-3-5(8)6(9)10/h6-14,16,18-19H,5,15,17H2,1-4H3,(H2,30,32,35);5H,1-4,7-8H2,(H,9,10)/t;5-/m.0/s1. The van der Waals surface area contributed by atoms with Crippen molar-refractivity contribution in [3.63, 3.8) is 0 Å². The van der Waals surface area contributed by atoms with Gasteiger partial charge >= 0.3 is 12.0 Å². The lowest BCUT2D eigenvalue weighted by Gasteiger charge is -2.11. The normalized spacial score (nSPS) is 11.7. The summed E-state index contributed by atoms with van der Waals surface area (Å²) in [4.78, 5) is 39.6. The van der Waals surface area contributed by atoms with E-state index in [1.165, 1.54) is 18.4 Å². The van der Waals surface area contributed by atoms with Gasteiger partial charge in [0.2, 0.25) is 5.88 Å². The average molecular weight is 727 g/mol. The number of hydrogen-bond donors (Lipinski definition) is 5. The highest BCUT2D eigenvalue weighted by molar-refractivity contribution is 7.92. The van der Waals surface area contributed by atoms with Crippen molar-refractivity contribution in [1.82, 2.24) is 19.6 Å². The average Bonchev–Trinajstić information content (AvgIpc) is 3.67. The summed E-state index contributed by atoms with van der Waals surface area (Å²) in [6.45, 7) is 7.11. The Bertz CT molecular complexity index is 1820. The fourth-order valence-corrected chi connectivity index (χ4v) is 7.85. The number of carboxylic acid groups (broad SMARTS) is 1. The van der Waals surface area contributed by atoms with Gasteiger partial charge < -0.3 is 31.2 Å². The monoisotopic (exact) mass is 726 g/mol. The predicted molar refractivity (Wildman–Crippen MR) is 195 cm³/mol. The zero-order chi connectivity index (χ0) is 36.8. The van der Waals surface area contributed by atoms with Gasteiger partial charge in [-0.25, -0.2) is 17.9 Å². The summed E-state index contributed by atoms with van der Waals surface area (Å²) in [5.74, 6) is 0.247. The van der Waals surface area contributed by atoms with Crippen LogP contribution in [0.25, 0.3) is 22.5 Å². The summed E-state index contributed by atoms with van der Waals surface area (Å²) in [5, 5.41) is 10.8. The number of nitrogens with two attached hydrogens (primary N) is 2. The van der Waals surface area contributed by atoms with Gasteiger partial charge in [-0.15, -0.1) is 11.3 Å². The molecule has 0 aliphatic heterocycles. The molecule has 7 N–H and O–H groups in total. The Labute approximate surface area is 297 Å². The van der Waals surface area contributed by atoms with Crippen molar-refractivity contribution in [2.75, 3.05) is 20.2 Å². The summed E-state index contributed by atoms with van der Waals surface area (Å²) in [7, 11) is -2.61. The van der Waals surface area contributed by atoms with Crippen LogP contribution in [0.15, 0.2) is 64.9 Å². The van der Waals surface area contributed by atoms with Crippen LogP contribution in [-0.2, 0) is 27.8 Å². The number of thiophene rings is 1. The number of rotatable bonds is 16. The number of nitrogens with zero attached hydrogens (tertiary/aromatic N) is 2. The summed E-state index contributed by atoms with van der Waals surface area (Å²) >= 11 is 1.17. The lowest BCUT2D eigenvalue weighted by Crippen LogP contribution is -2.39. The molecule has 4 rings (SSSR count). The number of unbranched alkanes of at least 4 members (excludes halogenated alkanes) is 1. The van der Waals surface area contributed by atoms with Crippen LogP contribution >= 0.6 is 11.3 Å². The Morgan fingerprint density at radius 3 is 2.32 bits per heavy atom. The topological polar surface area (TPSA) is 209 Å². The van der Waals surface area contributed by atoms with E-state index in [2.05, 4.69) is 28.9 Å². The van der Waals surface area contributed by atoms with Crippen molar-refractivity contribution in [2.24, 2.45) is 17.4 Å². The number of aldehydes is 1. The van der Waals surface area contributed by atoms with Crippen LogP contribution in [0.3, 0.4) is 0 Å². The second-order valence-electron chi connectivity index (χ2n) is 11.8. The Kier molecular flexibility index (Phi) is 15.1. The highest BCUT2D eigenvalue weighted by Gasteiger charge is 2.26. The Balaban J connectivity index is 0.000000588. The van der Waals surface area contributed by atoms with Gasteiger partial charge in [-0.1, -0.05) is 74.9 Å². The lowest BCUT2D eigenvalue weighted by atomic mass is 10.0. The molecule has 2 aromatic carbocycles.